The predicted molar refractivity (Wildman–Crippen MR) is 160 cm³/mol. The third-order valence-corrected chi connectivity index (χ3v) is 8.23. The molecule has 0 bridgehead atoms. The first-order valence-corrected chi connectivity index (χ1v) is 14.7. The summed E-state index contributed by atoms with van der Waals surface area (Å²) in [6.45, 7) is 11.9. The van der Waals surface area contributed by atoms with E-state index < -0.39 is 11.0 Å². The highest BCUT2D eigenvalue weighted by atomic mass is 16.5. The van der Waals surface area contributed by atoms with E-state index in [1.54, 1.807) is 0 Å². The molecule has 0 spiro atoms. The standard InChI is InChI=1S/C35H39NO5/c1-34(2,3)33(37)40-26-15-16-28-31(22-26)39-23-29-27-13-6-7-14-30(27)41-35(4,32(28)29)24-11-10-12-25(21-24)38-20-19-36-17-8-5-9-18-36/h6-7,10-16,21-22H,5,8-9,17-20,23H2,1-4H3. The van der Waals surface area contributed by atoms with Gasteiger partial charge in [0.2, 0.25) is 0 Å². The Kier molecular flexibility index (Phi) is 7.28. The van der Waals surface area contributed by atoms with Crippen molar-refractivity contribution >= 4 is 17.1 Å². The molecular formula is C35H39NO5. The van der Waals surface area contributed by atoms with Crippen LogP contribution in [0.15, 0.2) is 66.7 Å². The lowest BCUT2D eigenvalue weighted by molar-refractivity contribution is -0.143. The normalized spacial score (nSPS) is 20.2. The topological polar surface area (TPSA) is 57.2 Å². The van der Waals surface area contributed by atoms with E-state index in [1.807, 2.05) is 69.3 Å². The Bertz CT molecular complexity index is 1480. The van der Waals surface area contributed by atoms with Crippen LogP contribution in [0.4, 0.5) is 0 Å². The van der Waals surface area contributed by atoms with Crippen LogP contribution in [0.3, 0.4) is 0 Å². The molecule has 0 radical (unpaired) electrons. The summed E-state index contributed by atoms with van der Waals surface area (Å²) in [6, 6.07) is 22.0. The highest BCUT2D eigenvalue weighted by molar-refractivity contribution is 6.01. The molecule has 1 atom stereocenters. The van der Waals surface area contributed by atoms with Gasteiger partial charge in [0.05, 0.1) is 5.41 Å². The van der Waals surface area contributed by atoms with Gasteiger partial charge in [-0.2, -0.15) is 0 Å². The molecule has 3 heterocycles. The number of nitrogens with zero attached hydrogens (tertiary/aromatic N) is 1. The fourth-order valence-electron chi connectivity index (χ4n) is 5.93. The van der Waals surface area contributed by atoms with Crippen molar-refractivity contribution in [2.24, 2.45) is 5.41 Å². The van der Waals surface area contributed by atoms with Gasteiger partial charge in [-0.25, -0.2) is 0 Å². The van der Waals surface area contributed by atoms with Crippen LogP contribution in [0.25, 0.3) is 11.1 Å². The minimum atomic E-state index is -0.794. The molecule has 41 heavy (non-hydrogen) atoms. The van der Waals surface area contributed by atoms with Gasteiger partial charge in [-0.15, -0.1) is 0 Å². The predicted octanol–water partition coefficient (Wildman–Crippen LogP) is 7.11. The molecule has 214 valence electrons. The van der Waals surface area contributed by atoms with Gasteiger partial charge in [0.25, 0.3) is 0 Å². The number of hydrogen-bond donors (Lipinski definition) is 0. The van der Waals surface area contributed by atoms with Crippen molar-refractivity contribution in [3.8, 4) is 23.0 Å². The highest BCUT2D eigenvalue weighted by Gasteiger charge is 2.44. The van der Waals surface area contributed by atoms with E-state index in [-0.39, 0.29) is 5.97 Å². The highest BCUT2D eigenvalue weighted by Crippen LogP contribution is 2.54. The monoisotopic (exact) mass is 553 g/mol. The van der Waals surface area contributed by atoms with Crippen LogP contribution in [0, 0.1) is 5.41 Å². The quantitative estimate of drug-likeness (QED) is 0.239. The first-order valence-electron chi connectivity index (χ1n) is 14.7. The third-order valence-electron chi connectivity index (χ3n) is 8.23. The second-order valence-corrected chi connectivity index (χ2v) is 12.3. The molecular weight excluding hydrogens is 514 g/mol. The van der Waals surface area contributed by atoms with Crippen molar-refractivity contribution in [1.29, 1.82) is 0 Å². The summed E-state index contributed by atoms with van der Waals surface area (Å²) < 4.78 is 25.1. The van der Waals surface area contributed by atoms with Crippen molar-refractivity contribution < 1.29 is 23.7 Å². The first-order chi connectivity index (χ1) is 19.7. The van der Waals surface area contributed by atoms with E-state index in [0.717, 1.165) is 59.0 Å². The number of rotatable bonds is 6. The maximum atomic E-state index is 12.5. The van der Waals surface area contributed by atoms with Crippen molar-refractivity contribution in [1.82, 2.24) is 4.90 Å². The first kappa shape index (κ1) is 27.4. The van der Waals surface area contributed by atoms with Crippen molar-refractivity contribution in [3.63, 3.8) is 0 Å². The van der Waals surface area contributed by atoms with Gasteiger partial charge < -0.3 is 18.9 Å². The van der Waals surface area contributed by atoms with Gasteiger partial charge in [0.15, 0.2) is 5.60 Å². The minimum absolute atomic E-state index is 0.287. The molecule has 1 saturated heterocycles. The Balaban J connectivity index is 1.34. The molecule has 6 heteroatoms. The number of esters is 1. The maximum Gasteiger partial charge on any atom is 0.316 e. The summed E-state index contributed by atoms with van der Waals surface area (Å²) in [4.78, 5) is 15.0. The molecule has 3 aliphatic rings. The number of piperidine rings is 1. The van der Waals surface area contributed by atoms with Crippen LogP contribution in [-0.4, -0.2) is 43.7 Å². The number of para-hydroxylation sites is 1. The van der Waals surface area contributed by atoms with Crippen molar-refractivity contribution in [2.75, 3.05) is 32.8 Å². The second-order valence-electron chi connectivity index (χ2n) is 12.3. The summed E-state index contributed by atoms with van der Waals surface area (Å²) in [7, 11) is 0. The Morgan fingerprint density at radius 2 is 1.71 bits per heavy atom. The van der Waals surface area contributed by atoms with E-state index in [2.05, 4.69) is 30.0 Å². The molecule has 1 unspecified atom stereocenters. The van der Waals surface area contributed by atoms with Crippen molar-refractivity contribution in [3.05, 3.63) is 83.4 Å². The average Bonchev–Trinajstić information content (AvgIpc) is 2.97. The summed E-state index contributed by atoms with van der Waals surface area (Å²) in [5, 5.41) is 0. The number of ether oxygens (including phenoxy) is 4. The van der Waals surface area contributed by atoms with Gasteiger partial charge in [0, 0.05) is 40.4 Å². The SMILES string of the molecule is CC(C)(C)C(=O)Oc1ccc2c(c1)OCC1=C2C(C)(c2cccc(OCCN3CCCCC3)c2)Oc2ccccc21. The minimum Gasteiger partial charge on any atom is -0.492 e. The van der Waals surface area contributed by atoms with Crippen LogP contribution >= 0.6 is 0 Å². The summed E-state index contributed by atoms with van der Waals surface area (Å²) in [5.41, 5.74) is 3.71. The molecule has 6 nitrogen and oxygen atoms in total. The molecule has 0 N–H and O–H groups in total. The smallest absolute Gasteiger partial charge is 0.316 e. The number of carbonyl (C=O) groups is 1. The van der Waals surface area contributed by atoms with Crippen LogP contribution in [-0.2, 0) is 10.4 Å². The Labute approximate surface area is 242 Å². The maximum absolute atomic E-state index is 12.5. The van der Waals surface area contributed by atoms with Gasteiger partial charge >= 0.3 is 5.97 Å². The number of hydrogen-bond acceptors (Lipinski definition) is 6. The lowest BCUT2D eigenvalue weighted by Gasteiger charge is -2.42. The molecule has 0 aromatic heterocycles. The van der Waals surface area contributed by atoms with E-state index in [9.17, 15) is 4.79 Å². The van der Waals surface area contributed by atoms with E-state index in [4.69, 9.17) is 18.9 Å². The largest absolute Gasteiger partial charge is 0.492 e. The van der Waals surface area contributed by atoms with Gasteiger partial charge in [-0.05, 0) is 84.0 Å². The number of fused-ring (bicyclic) bond motifs is 4. The Hall–Kier alpha value is -3.77. The zero-order valence-corrected chi connectivity index (χ0v) is 24.5. The third kappa shape index (κ3) is 5.45. The van der Waals surface area contributed by atoms with Crippen LogP contribution in [0.5, 0.6) is 23.0 Å². The van der Waals surface area contributed by atoms with Crippen LogP contribution < -0.4 is 18.9 Å². The lowest BCUT2D eigenvalue weighted by atomic mass is 9.76. The summed E-state index contributed by atoms with van der Waals surface area (Å²) in [5.74, 6) is 2.52. The molecule has 3 aromatic carbocycles. The lowest BCUT2D eigenvalue weighted by Crippen LogP contribution is -2.37. The molecule has 3 aromatic rings. The zero-order chi connectivity index (χ0) is 28.6. The molecule has 6 rings (SSSR count). The number of likely N-dealkylation sites (tertiary alicyclic amines) is 1. The van der Waals surface area contributed by atoms with Crippen molar-refractivity contribution in [2.45, 2.75) is 52.6 Å². The average molecular weight is 554 g/mol. The fourth-order valence-corrected chi connectivity index (χ4v) is 5.93. The summed E-state index contributed by atoms with van der Waals surface area (Å²) in [6.07, 6.45) is 3.88. The Morgan fingerprint density at radius 3 is 2.51 bits per heavy atom. The fraction of sp³-hybridized carbons (Fsp3) is 0.400. The number of carbonyl (C=O) groups excluding carboxylic acids is 1. The molecule has 1 fully saturated rings. The van der Waals surface area contributed by atoms with Gasteiger partial charge in [-0.3, -0.25) is 9.69 Å². The van der Waals surface area contributed by atoms with E-state index >= 15 is 0 Å². The van der Waals surface area contributed by atoms with E-state index in [0.29, 0.717) is 24.7 Å². The van der Waals surface area contributed by atoms with E-state index in [1.165, 1.54) is 19.3 Å². The summed E-state index contributed by atoms with van der Waals surface area (Å²) >= 11 is 0. The zero-order valence-electron chi connectivity index (χ0n) is 24.5. The Morgan fingerprint density at radius 1 is 0.902 bits per heavy atom. The van der Waals surface area contributed by atoms with Gasteiger partial charge in [-0.1, -0.05) is 36.8 Å². The molecule has 0 amide bonds. The number of benzene rings is 3. The molecule has 0 saturated carbocycles. The molecule has 3 aliphatic heterocycles. The van der Waals surface area contributed by atoms with Gasteiger partial charge in [0.1, 0.15) is 36.2 Å². The second kappa shape index (κ2) is 10.9. The molecule has 0 aliphatic carbocycles. The van der Waals surface area contributed by atoms with Crippen LogP contribution in [0.1, 0.15) is 63.6 Å². The van der Waals surface area contributed by atoms with Crippen LogP contribution in [0.2, 0.25) is 0 Å².